The van der Waals surface area contributed by atoms with Gasteiger partial charge in [0.1, 0.15) is 0 Å². The molecule has 0 aliphatic heterocycles. The van der Waals surface area contributed by atoms with Gasteiger partial charge in [0, 0.05) is 17.2 Å². The third-order valence-corrected chi connectivity index (χ3v) is 3.35. The first-order valence-corrected chi connectivity index (χ1v) is 6.23. The number of nitrogens with two attached hydrogens (primary N) is 1. The van der Waals surface area contributed by atoms with E-state index in [0.29, 0.717) is 0 Å². The molecule has 2 rings (SSSR count). The number of halogens is 1. The molecule has 0 saturated carbocycles. The molecule has 17 heavy (non-hydrogen) atoms. The summed E-state index contributed by atoms with van der Waals surface area (Å²) >= 11 is 3.44. The zero-order valence-electron chi connectivity index (χ0n) is 9.94. The van der Waals surface area contributed by atoms with Crippen molar-refractivity contribution in [2.24, 2.45) is 0 Å². The standard InChI is InChI=1S/C14H15BrN2/c1-10-4-3-5-13(16)14(10)17(2)12-8-6-11(15)7-9-12/h3-9H,16H2,1-2H3. The third-order valence-electron chi connectivity index (χ3n) is 2.82. The Hall–Kier alpha value is -1.48. The van der Waals surface area contributed by atoms with Crippen molar-refractivity contribution in [2.75, 3.05) is 17.7 Å². The number of aryl methyl sites for hydroxylation is 1. The molecule has 2 aromatic carbocycles. The highest BCUT2D eigenvalue weighted by Crippen LogP contribution is 2.32. The normalized spacial score (nSPS) is 10.3. The van der Waals surface area contributed by atoms with Gasteiger partial charge in [0.25, 0.3) is 0 Å². The number of nitrogens with zero attached hydrogens (tertiary/aromatic N) is 1. The Kier molecular flexibility index (Phi) is 3.38. The fourth-order valence-corrected chi connectivity index (χ4v) is 2.20. The van der Waals surface area contributed by atoms with E-state index in [4.69, 9.17) is 5.73 Å². The van der Waals surface area contributed by atoms with Gasteiger partial charge in [-0.25, -0.2) is 0 Å². The molecule has 0 radical (unpaired) electrons. The molecular weight excluding hydrogens is 276 g/mol. The van der Waals surface area contributed by atoms with Crippen molar-refractivity contribution in [2.45, 2.75) is 6.92 Å². The van der Waals surface area contributed by atoms with Crippen LogP contribution in [0.15, 0.2) is 46.9 Å². The topological polar surface area (TPSA) is 29.3 Å². The maximum absolute atomic E-state index is 6.04. The van der Waals surface area contributed by atoms with Gasteiger partial charge < -0.3 is 10.6 Å². The van der Waals surface area contributed by atoms with Crippen LogP contribution < -0.4 is 10.6 Å². The summed E-state index contributed by atoms with van der Waals surface area (Å²) in [6, 6.07) is 14.2. The summed E-state index contributed by atoms with van der Waals surface area (Å²) in [7, 11) is 2.03. The summed E-state index contributed by atoms with van der Waals surface area (Å²) in [5.74, 6) is 0. The minimum absolute atomic E-state index is 0.801. The molecule has 0 aromatic heterocycles. The number of anilines is 3. The molecule has 2 N–H and O–H groups in total. The van der Waals surface area contributed by atoms with E-state index >= 15 is 0 Å². The van der Waals surface area contributed by atoms with E-state index < -0.39 is 0 Å². The van der Waals surface area contributed by atoms with Crippen LogP contribution in [0.1, 0.15) is 5.56 Å². The number of benzene rings is 2. The molecule has 0 fully saturated rings. The number of nitrogen functional groups attached to an aromatic ring is 1. The van der Waals surface area contributed by atoms with Gasteiger partial charge >= 0.3 is 0 Å². The van der Waals surface area contributed by atoms with Gasteiger partial charge in [0.2, 0.25) is 0 Å². The van der Waals surface area contributed by atoms with E-state index in [1.807, 2.05) is 31.3 Å². The summed E-state index contributed by atoms with van der Waals surface area (Å²) in [5.41, 5.74) is 10.2. The van der Waals surface area contributed by atoms with Gasteiger partial charge in [-0.15, -0.1) is 0 Å². The highest BCUT2D eigenvalue weighted by molar-refractivity contribution is 9.10. The van der Waals surface area contributed by atoms with Gasteiger partial charge in [-0.3, -0.25) is 0 Å². The van der Waals surface area contributed by atoms with Gasteiger partial charge in [-0.05, 0) is 42.8 Å². The van der Waals surface area contributed by atoms with E-state index in [2.05, 4.69) is 46.0 Å². The third kappa shape index (κ3) is 2.44. The zero-order valence-corrected chi connectivity index (χ0v) is 11.5. The van der Waals surface area contributed by atoms with Gasteiger partial charge in [-0.2, -0.15) is 0 Å². The minimum Gasteiger partial charge on any atom is -0.397 e. The molecule has 0 aliphatic carbocycles. The van der Waals surface area contributed by atoms with Crippen LogP contribution in [0.3, 0.4) is 0 Å². The van der Waals surface area contributed by atoms with Gasteiger partial charge in [0.05, 0.1) is 11.4 Å². The maximum atomic E-state index is 6.04. The molecule has 0 spiro atoms. The van der Waals surface area contributed by atoms with Crippen molar-refractivity contribution in [3.8, 4) is 0 Å². The largest absolute Gasteiger partial charge is 0.397 e. The van der Waals surface area contributed by atoms with Crippen molar-refractivity contribution in [1.82, 2.24) is 0 Å². The fraction of sp³-hybridized carbons (Fsp3) is 0.143. The monoisotopic (exact) mass is 290 g/mol. The number of hydrogen-bond donors (Lipinski definition) is 1. The van der Waals surface area contributed by atoms with E-state index in [9.17, 15) is 0 Å². The van der Waals surface area contributed by atoms with Crippen molar-refractivity contribution < 1.29 is 0 Å². The molecule has 0 saturated heterocycles. The quantitative estimate of drug-likeness (QED) is 0.844. The first-order valence-electron chi connectivity index (χ1n) is 5.44. The molecule has 88 valence electrons. The molecule has 0 heterocycles. The minimum atomic E-state index is 0.801. The Balaban J connectivity index is 2.43. The smallest absolute Gasteiger partial charge is 0.0671 e. The van der Waals surface area contributed by atoms with Crippen molar-refractivity contribution in [1.29, 1.82) is 0 Å². The molecular formula is C14H15BrN2. The van der Waals surface area contributed by atoms with E-state index in [1.54, 1.807) is 0 Å². The molecule has 0 amide bonds. The number of rotatable bonds is 2. The molecule has 0 bridgehead atoms. The first kappa shape index (κ1) is 12.0. The van der Waals surface area contributed by atoms with Gasteiger partial charge in [-0.1, -0.05) is 28.1 Å². The lowest BCUT2D eigenvalue weighted by atomic mass is 10.1. The summed E-state index contributed by atoms with van der Waals surface area (Å²) in [6.45, 7) is 2.07. The molecule has 0 aliphatic rings. The summed E-state index contributed by atoms with van der Waals surface area (Å²) < 4.78 is 1.08. The lowest BCUT2D eigenvalue weighted by Crippen LogP contribution is -2.12. The maximum Gasteiger partial charge on any atom is 0.0671 e. The van der Waals surface area contributed by atoms with Crippen LogP contribution in [-0.2, 0) is 0 Å². The van der Waals surface area contributed by atoms with Gasteiger partial charge in [0.15, 0.2) is 0 Å². The fourth-order valence-electron chi connectivity index (χ4n) is 1.93. The van der Waals surface area contributed by atoms with Crippen molar-refractivity contribution in [3.05, 3.63) is 52.5 Å². The van der Waals surface area contributed by atoms with Crippen molar-refractivity contribution >= 4 is 33.0 Å². The molecule has 3 heteroatoms. The summed E-state index contributed by atoms with van der Waals surface area (Å²) in [4.78, 5) is 2.11. The highest BCUT2D eigenvalue weighted by atomic mass is 79.9. The van der Waals surface area contributed by atoms with Crippen LogP contribution in [0.2, 0.25) is 0 Å². The average molecular weight is 291 g/mol. The Morgan fingerprint density at radius 3 is 2.29 bits per heavy atom. The van der Waals surface area contributed by atoms with E-state index in [0.717, 1.165) is 21.5 Å². The van der Waals surface area contributed by atoms with Crippen LogP contribution in [0.25, 0.3) is 0 Å². The highest BCUT2D eigenvalue weighted by Gasteiger charge is 2.09. The predicted octanol–water partition coefficient (Wildman–Crippen LogP) is 4.11. The zero-order chi connectivity index (χ0) is 12.4. The summed E-state index contributed by atoms with van der Waals surface area (Å²) in [5, 5.41) is 0. The SMILES string of the molecule is Cc1cccc(N)c1N(C)c1ccc(Br)cc1. The van der Waals surface area contributed by atoms with Crippen LogP contribution in [0.5, 0.6) is 0 Å². The lowest BCUT2D eigenvalue weighted by Gasteiger charge is -2.23. The van der Waals surface area contributed by atoms with Crippen molar-refractivity contribution in [3.63, 3.8) is 0 Å². The molecule has 0 unspecified atom stereocenters. The average Bonchev–Trinajstić information content (AvgIpc) is 2.29. The number of para-hydroxylation sites is 1. The second-order valence-electron chi connectivity index (χ2n) is 4.05. The van der Waals surface area contributed by atoms with Crippen LogP contribution in [-0.4, -0.2) is 7.05 Å². The summed E-state index contributed by atoms with van der Waals surface area (Å²) in [6.07, 6.45) is 0. The van der Waals surface area contributed by atoms with Crippen LogP contribution in [0, 0.1) is 6.92 Å². The Morgan fingerprint density at radius 1 is 1.06 bits per heavy atom. The van der Waals surface area contributed by atoms with E-state index in [-0.39, 0.29) is 0 Å². The Labute approximate surface area is 110 Å². The number of hydrogen-bond acceptors (Lipinski definition) is 2. The van der Waals surface area contributed by atoms with Crippen LogP contribution >= 0.6 is 15.9 Å². The first-order chi connectivity index (χ1) is 8.09. The lowest BCUT2D eigenvalue weighted by molar-refractivity contribution is 1.19. The molecule has 2 aromatic rings. The van der Waals surface area contributed by atoms with E-state index in [1.165, 1.54) is 5.56 Å². The second kappa shape index (κ2) is 4.80. The molecule has 0 atom stereocenters. The second-order valence-corrected chi connectivity index (χ2v) is 4.96. The molecule has 2 nitrogen and oxygen atoms in total. The Bertz CT molecular complexity index is 500. The van der Waals surface area contributed by atoms with Crippen LogP contribution in [0.4, 0.5) is 17.1 Å². The Morgan fingerprint density at radius 2 is 1.71 bits per heavy atom. The predicted molar refractivity (Wildman–Crippen MR) is 77.8 cm³/mol.